The molecule has 2 atom stereocenters. The van der Waals surface area contributed by atoms with Crippen molar-refractivity contribution in [3.8, 4) is 0 Å². The first kappa shape index (κ1) is 16.0. The average Bonchev–Trinajstić information content (AvgIpc) is 2.40. The van der Waals surface area contributed by atoms with Crippen molar-refractivity contribution < 1.29 is 13.2 Å². The molecule has 0 bridgehead atoms. The third kappa shape index (κ3) is 4.84. The van der Waals surface area contributed by atoms with E-state index in [1.54, 1.807) is 24.3 Å². The Hall–Kier alpha value is -1.36. The van der Waals surface area contributed by atoms with Crippen LogP contribution in [0.5, 0.6) is 0 Å². The van der Waals surface area contributed by atoms with Gasteiger partial charge in [0.05, 0.1) is 5.75 Å². The van der Waals surface area contributed by atoms with Crippen LogP contribution in [0.2, 0.25) is 0 Å². The van der Waals surface area contributed by atoms with Crippen molar-refractivity contribution in [1.29, 1.82) is 0 Å². The zero-order valence-electron chi connectivity index (χ0n) is 12.6. The maximum absolute atomic E-state index is 12.2. The number of hydrogen-bond donors (Lipinski definition) is 1. The van der Waals surface area contributed by atoms with Gasteiger partial charge in [-0.15, -0.1) is 0 Å². The van der Waals surface area contributed by atoms with E-state index in [1.165, 1.54) is 19.1 Å². The van der Waals surface area contributed by atoms with Crippen molar-refractivity contribution in [3.05, 3.63) is 35.4 Å². The molecule has 1 aromatic rings. The molecule has 1 amide bonds. The highest BCUT2D eigenvalue weighted by atomic mass is 32.2. The number of rotatable bonds is 4. The molecule has 5 heteroatoms. The molecule has 0 unspecified atom stereocenters. The number of sulfone groups is 1. The van der Waals surface area contributed by atoms with Crippen LogP contribution in [0.15, 0.2) is 24.3 Å². The number of carbonyl (C=O) groups is 1. The predicted octanol–water partition coefficient (Wildman–Crippen LogP) is 2.54. The van der Waals surface area contributed by atoms with Gasteiger partial charge in [-0.3, -0.25) is 4.79 Å². The van der Waals surface area contributed by atoms with Crippen LogP contribution in [0.1, 0.15) is 48.5 Å². The third-order valence-corrected chi connectivity index (χ3v) is 4.93. The van der Waals surface area contributed by atoms with Gasteiger partial charge >= 0.3 is 0 Å². The Kier molecular flexibility index (Phi) is 5.04. The molecule has 116 valence electrons. The Morgan fingerprint density at radius 3 is 2.38 bits per heavy atom. The lowest BCUT2D eigenvalue weighted by Gasteiger charge is -2.29. The number of carbonyl (C=O) groups excluding carboxylic acids is 1. The summed E-state index contributed by atoms with van der Waals surface area (Å²) in [5.41, 5.74) is 1.30. The van der Waals surface area contributed by atoms with Crippen LogP contribution >= 0.6 is 0 Å². The zero-order chi connectivity index (χ0) is 15.5. The summed E-state index contributed by atoms with van der Waals surface area (Å²) in [6, 6.07) is 7.06. The van der Waals surface area contributed by atoms with Crippen molar-refractivity contribution in [1.82, 2.24) is 5.32 Å². The largest absolute Gasteiger partial charge is 0.349 e. The monoisotopic (exact) mass is 309 g/mol. The molecule has 1 aliphatic carbocycles. The Bertz CT molecular complexity index is 592. The van der Waals surface area contributed by atoms with Gasteiger partial charge in [-0.1, -0.05) is 31.9 Å². The summed E-state index contributed by atoms with van der Waals surface area (Å²) < 4.78 is 22.5. The molecule has 1 aromatic carbocycles. The first-order valence-electron chi connectivity index (χ1n) is 7.43. The number of hydrogen-bond acceptors (Lipinski definition) is 3. The summed E-state index contributed by atoms with van der Waals surface area (Å²) in [6.45, 7) is 2.18. The van der Waals surface area contributed by atoms with Crippen molar-refractivity contribution >= 4 is 15.7 Å². The second-order valence-corrected chi connectivity index (χ2v) is 8.25. The van der Waals surface area contributed by atoms with Gasteiger partial charge in [0.25, 0.3) is 5.91 Å². The normalized spacial score (nSPS) is 22.8. The molecule has 4 nitrogen and oxygen atoms in total. The van der Waals surface area contributed by atoms with Crippen LogP contribution in [0.4, 0.5) is 0 Å². The topological polar surface area (TPSA) is 63.2 Å². The fourth-order valence-corrected chi connectivity index (χ4v) is 3.64. The summed E-state index contributed by atoms with van der Waals surface area (Å²) in [7, 11) is -3.04. The van der Waals surface area contributed by atoms with Crippen LogP contribution in [-0.4, -0.2) is 26.6 Å². The first-order valence-corrected chi connectivity index (χ1v) is 9.49. The molecule has 1 saturated carbocycles. The Morgan fingerprint density at radius 2 is 1.81 bits per heavy atom. The van der Waals surface area contributed by atoms with Crippen LogP contribution in [0, 0.1) is 5.92 Å². The molecule has 1 N–H and O–H groups in total. The highest BCUT2D eigenvalue weighted by molar-refractivity contribution is 7.89. The van der Waals surface area contributed by atoms with E-state index in [0.29, 0.717) is 17.0 Å². The smallest absolute Gasteiger partial charge is 0.251 e. The second kappa shape index (κ2) is 6.60. The maximum atomic E-state index is 12.2. The highest BCUT2D eigenvalue weighted by Crippen LogP contribution is 2.24. The highest BCUT2D eigenvalue weighted by Gasteiger charge is 2.23. The molecule has 0 aliphatic heterocycles. The summed E-state index contributed by atoms with van der Waals surface area (Å²) in [5.74, 6) is 0.459. The fraction of sp³-hybridized carbons (Fsp3) is 0.562. The summed E-state index contributed by atoms with van der Waals surface area (Å²) >= 11 is 0. The summed E-state index contributed by atoms with van der Waals surface area (Å²) in [6.07, 6.45) is 5.83. The van der Waals surface area contributed by atoms with E-state index in [-0.39, 0.29) is 17.7 Å². The van der Waals surface area contributed by atoms with E-state index < -0.39 is 9.84 Å². The minimum Gasteiger partial charge on any atom is -0.349 e. The molecule has 0 radical (unpaired) electrons. The molecule has 0 aromatic heterocycles. The van der Waals surface area contributed by atoms with E-state index in [2.05, 4.69) is 12.2 Å². The molecule has 1 aliphatic rings. The lowest BCUT2D eigenvalue weighted by molar-refractivity contribution is 0.0910. The number of amides is 1. The van der Waals surface area contributed by atoms with E-state index in [0.717, 1.165) is 12.8 Å². The van der Waals surface area contributed by atoms with Gasteiger partial charge in [-0.05, 0) is 36.5 Å². The quantitative estimate of drug-likeness (QED) is 0.929. The van der Waals surface area contributed by atoms with Gasteiger partial charge in [-0.2, -0.15) is 0 Å². The van der Waals surface area contributed by atoms with E-state index >= 15 is 0 Å². The van der Waals surface area contributed by atoms with Crippen LogP contribution in [-0.2, 0) is 15.6 Å². The van der Waals surface area contributed by atoms with Gasteiger partial charge in [-0.25, -0.2) is 8.42 Å². The van der Waals surface area contributed by atoms with Gasteiger partial charge in [0.15, 0.2) is 9.84 Å². The van der Waals surface area contributed by atoms with Crippen molar-refractivity contribution in [2.45, 2.75) is 44.4 Å². The van der Waals surface area contributed by atoms with E-state index in [4.69, 9.17) is 0 Å². The van der Waals surface area contributed by atoms with E-state index in [1.807, 2.05) is 0 Å². The molecule has 0 heterocycles. The average molecular weight is 309 g/mol. The Balaban J connectivity index is 1.99. The molecule has 1 fully saturated rings. The molecule has 0 saturated heterocycles. The molecule has 2 rings (SSSR count). The Labute approximate surface area is 126 Å². The Morgan fingerprint density at radius 1 is 1.19 bits per heavy atom. The molecular formula is C16H23NO3S. The second-order valence-electron chi connectivity index (χ2n) is 6.11. The van der Waals surface area contributed by atoms with Gasteiger partial charge in [0.2, 0.25) is 0 Å². The molecule has 0 spiro atoms. The first-order chi connectivity index (χ1) is 9.85. The van der Waals surface area contributed by atoms with E-state index in [9.17, 15) is 13.2 Å². The number of benzene rings is 1. The van der Waals surface area contributed by atoms with Crippen LogP contribution < -0.4 is 5.32 Å². The third-order valence-electron chi connectivity index (χ3n) is 4.07. The molecular weight excluding hydrogens is 286 g/mol. The van der Waals surface area contributed by atoms with Gasteiger partial charge in [0.1, 0.15) is 0 Å². The van der Waals surface area contributed by atoms with Crippen LogP contribution in [0.25, 0.3) is 0 Å². The van der Waals surface area contributed by atoms with Crippen molar-refractivity contribution in [2.24, 2.45) is 5.92 Å². The summed E-state index contributed by atoms with van der Waals surface area (Å²) in [4.78, 5) is 12.2. The fourth-order valence-electron chi connectivity index (χ4n) is 2.84. The SMILES string of the molecule is C[C@@H]1CCCC[C@H]1NC(=O)c1ccc(CS(C)(=O)=O)cc1. The van der Waals surface area contributed by atoms with Gasteiger partial charge < -0.3 is 5.32 Å². The minimum absolute atomic E-state index is 0.00849. The zero-order valence-corrected chi connectivity index (χ0v) is 13.4. The van der Waals surface area contributed by atoms with Crippen LogP contribution in [0.3, 0.4) is 0 Å². The van der Waals surface area contributed by atoms with Crippen molar-refractivity contribution in [2.75, 3.05) is 6.26 Å². The minimum atomic E-state index is -3.04. The lowest BCUT2D eigenvalue weighted by atomic mass is 9.86. The van der Waals surface area contributed by atoms with Crippen molar-refractivity contribution in [3.63, 3.8) is 0 Å². The summed E-state index contributed by atoms with van der Waals surface area (Å²) in [5, 5.41) is 3.10. The van der Waals surface area contributed by atoms with Gasteiger partial charge in [0, 0.05) is 17.9 Å². The predicted molar refractivity (Wildman–Crippen MR) is 83.9 cm³/mol. The lowest BCUT2D eigenvalue weighted by Crippen LogP contribution is -2.41. The standard InChI is InChI=1S/C16H23NO3S/c1-12-5-3-4-6-15(12)17-16(18)14-9-7-13(8-10-14)11-21(2,19)20/h7-10,12,15H,3-6,11H2,1-2H3,(H,17,18)/t12-,15-/m1/s1. The molecule has 21 heavy (non-hydrogen) atoms. The number of nitrogens with one attached hydrogen (secondary N) is 1. The maximum Gasteiger partial charge on any atom is 0.251 e.